The second kappa shape index (κ2) is 5.80. The van der Waals surface area contributed by atoms with Crippen LogP contribution in [0.15, 0.2) is 0 Å². The number of likely N-dealkylation sites (N-methyl/N-ethyl adjacent to an activating group) is 1. The van der Waals surface area contributed by atoms with Gasteiger partial charge in [-0.15, -0.1) is 0 Å². The van der Waals surface area contributed by atoms with E-state index < -0.39 is 0 Å². The molecule has 0 radical (unpaired) electrons. The Morgan fingerprint density at radius 3 is 2.80 bits per heavy atom. The first kappa shape index (κ1) is 11.3. The van der Waals surface area contributed by atoms with Gasteiger partial charge in [-0.25, -0.2) is 0 Å². The Kier molecular flexibility index (Phi) is 4.38. The minimum absolute atomic E-state index is 0.567. The van der Waals surface area contributed by atoms with E-state index >= 15 is 0 Å². The molecule has 0 aromatic carbocycles. The molecule has 2 rings (SSSR count). The zero-order chi connectivity index (χ0) is 10.5. The average molecular weight is 212 g/mol. The lowest BCUT2D eigenvalue weighted by Gasteiger charge is -2.31. The van der Waals surface area contributed by atoms with Gasteiger partial charge in [0.1, 0.15) is 0 Å². The molecule has 2 saturated heterocycles. The fourth-order valence-electron chi connectivity index (χ4n) is 2.49. The third kappa shape index (κ3) is 3.41. The van der Waals surface area contributed by atoms with Crippen molar-refractivity contribution in [3.8, 4) is 0 Å². The lowest BCUT2D eigenvalue weighted by atomic mass is 10.3. The van der Waals surface area contributed by atoms with Gasteiger partial charge in [-0.3, -0.25) is 4.90 Å². The van der Waals surface area contributed by atoms with Crippen LogP contribution in [-0.4, -0.2) is 68.8 Å². The minimum atomic E-state index is 0.567. The summed E-state index contributed by atoms with van der Waals surface area (Å²) in [6.07, 6.45) is 3.12. The van der Waals surface area contributed by atoms with Gasteiger partial charge in [0.15, 0.2) is 0 Å². The van der Waals surface area contributed by atoms with Crippen molar-refractivity contribution in [3.05, 3.63) is 0 Å². The standard InChI is InChI=1S/C11H24N4/c1-14-7-3-5-13-11(10-14)15-8-2-4-12-6-9-15/h11-13H,2-10H2,1H3. The molecule has 1 atom stereocenters. The molecule has 0 aromatic rings. The molecule has 0 amide bonds. The Hall–Kier alpha value is -0.160. The average Bonchev–Trinajstić information content (AvgIpc) is 2.59. The molecule has 2 N–H and O–H groups in total. The molecule has 15 heavy (non-hydrogen) atoms. The third-order valence-electron chi connectivity index (χ3n) is 3.40. The second-order valence-electron chi connectivity index (χ2n) is 4.73. The van der Waals surface area contributed by atoms with Crippen LogP contribution in [0.25, 0.3) is 0 Å². The predicted molar refractivity (Wildman–Crippen MR) is 63.0 cm³/mol. The smallest absolute Gasteiger partial charge is 0.0728 e. The SMILES string of the molecule is CN1CCCNC(N2CCCNCC2)C1. The van der Waals surface area contributed by atoms with Crippen molar-refractivity contribution in [2.24, 2.45) is 0 Å². The van der Waals surface area contributed by atoms with Crippen LogP contribution in [-0.2, 0) is 0 Å². The van der Waals surface area contributed by atoms with Gasteiger partial charge < -0.3 is 15.5 Å². The van der Waals surface area contributed by atoms with E-state index in [1.807, 2.05) is 0 Å². The highest BCUT2D eigenvalue weighted by atomic mass is 15.3. The van der Waals surface area contributed by atoms with Gasteiger partial charge in [0.2, 0.25) is 0 Å². The number of hydrogen-bond donors (Lipinski definition) is 2. The highest BCUT2D eigenvalue weighted by Crippen LogP contribution is 2.05. The summed E-state index contributed by atoms with van der Waals surface area (Å²) < 4.78 is 0. The molecule has 4 heteroatoms. The zero-order valence-electron chi connectivity index (χ0n) is 9.84. The maximum atomic E-state index is 3.67. The first-order valence-electron chi connectivity index (χ1n) is 6.23. The molecule has 88 valence electrons. The molecule has 0 bridgehead atoms. The molecule has 4 nitrogen and oxygen atoms in total. The summed E-state index contributed by atoms with van der Waals surface area (Å²) in [7, 11) is 2.23. The topological polar surface area (TPSA) is 30.5 Å². The Bertz CT molecular complexity index is 177. The monoisotopic (exact) mass is 212 g/mol. The van der Waals surface area contributed by atoms with Crippen molar-refractivity contribution in [3.63, 3.8) is 0 Å². The Labute approximate surface area is 93.0 Å². The van der Waals surface area contributed by atoms with Crippen LogP contribution in [0, 0.1) is 0 Å². The van der Waals surface area contributed by atoms with Gasteiger partial charge in [-0.05, 0) is 39.5 Å². The van der Waals surface area contributed by atoms with Gasteiger partial charge in [-0.1, -0.05) is 0 Å². The molecule has 2 aliphatic heterocycles. The second-order valence-corrected chi connectivity index (χ2v) is 4.73. The van der Waals surface area contributed by atoms with Gasteiger partial charge in [0.05, 0.1) is 6.17 Å². The Morgan fingerprint density at radius 1 is 1.00 bits per heavy atom. The number of hydrogen-bond acceptors (Lipinski definition) is 4. The summed E-state index contributed by atoms with van der Waals surface area (Å²) in [6.45, 7) is 8.31. The van der Waals surface area contributed by atoms with Crippen molar-refractivity contribution in [1.82, 2.24) is 20.4 Å². The molecule has 2 fully saturated rings. The van der Waals surface area contributed by atoms with E-state index in [0.717, 1.165) is 6.54 Å². The summed E-state index contributed by atoms with van der Waals surface area (Å²) in [6, 6.07) is 0. The van der Waals surface area contributed by atoms with Gasteiger partial charge in [-0.2, -0.15) is 0 Å². The minimum Gasteiger partial charge on any atom is -0.315 e. The van der Waals surface area contributed by atoms with Crippen LogP contribution < -0.4 is 10.6 Å². The normalized spacial score (nSPS) is 32.2. The first-order chi connectivity index (χ1) is 7.36. The van der Waals surface area contributed by atoms with E-state index in [0.29, 0.717) is 6.17 Å². The van der Waals surface area contributed by atoms with Gasteiger partial charge >= 0.3 is 0 Å². The van der Waals surface area contributed by atoms with Gasteiger partial charge in [0, 0.05) is 26.2 Å². The molecular weight excluding hydrogens is 188 g/mol. The van der Waals surface area contributed by atoms with Crippen LogP contribution in [0.1, 0.15) is 12.8 Å². The molecule has 0 aliphatic carbocycles. The zero-order valence-corrected chi connectivity index (χ0v) is 9.84. The summed E-state index contributed by atoms with van der Waals surface area (Å²) in [5.74, 6) is 0. The Morgan fingerprint density at radius 2 is 1.87 bits per heavy atom. The predicted octanol–water partition coefficient (Wildman–Crippen LogP) is -0.467. The molecule has 0 saturated carbocycles. The van der Waals surface area contributed by atoms with Crippen molar-refractivity contribution in [1.29, 1.82) is 0 Å². The quantitative estimate of drug-likeness (QED) is 0.615. The molecule has 1 unspecified atom stereocenters. The molecule has 2 heterocycles. The van der Waals surface area contributed by atoms with Crippen LogP contribution in [0.3, 0.4) is 0 Å². The lowest BCUT2D eigenvalue weighted by molar-refractivity contribution is 0.149. The maximum absolute atomic E-state index is 3.67. The van der Waals surface area contributed by atoms with Crippen molar-refractivity contribution in [2.45, 2.75) is 19.0 Å². The van der Waals surface area contributed by atoms with Crippen LogP contribution in [0.5, 0.6) is 0 Å². The summed E-state index contributed by atoms with van der Waals surface area (Å²) >= 11 is 0. The van der Waals surface area contributed by atoms with Crippen molar-refractivity contribution < 1.29 is 0 Å². The van der Waals surface area contributed by atoms with Crippen LogP contribution >= 0.6 is 0 Å². The van der Waals surface area contributed by atoms with Crippen molar-refractivity contribution in [2.75, 3.05) is 52.9 Å². The molecule has 0 spiro atoms. The Balaban J connectivity index is 1.88. The largest absolute Gasteiger partial charge is 0.315 e. The van der Waals surface area contributed by atoms with Crippen LogP contribution in [0.4, 0.5) is 0 Å². The molecule has 0 aromatic heterocycles. The lowest BCUT2D eigenvalue weighted by Crippen LogP contribution is -2.51. The summed E-state index contributed by atoms with van der Waals surface area (Å²) in [4.78, 5) is 5.05. The number of rotatable bonds is 1. The highest BCUT2D eigenvalue weighted by molar-refractivity contribution is 4.78. The van der Waals surface area contributed by atoms with E-state index in [-0.39, 0.29) is 0 Å². The van der Waals surface area contributed by atoms with Crippen molar-refractivity contribution >= 4 is 0 Å². The fourth-order valence-corrected chi connectivity index (χ4v) is 2.49. The van der Waals surface area contributed by atoms with E-state index in [4.69, 9.17) is 0 Å². The number of nitrogens with one attached hydrogen (secondary N) is 2. The summed E-state index contributed by atoms with van der Waals surface area (Å²) in [5.41, 5.74) is 0. The van der Waals surface area contributed by atoms with E-state index in [9.17, 15) is 0 Å². The third-order valence-corrected chi connectivity index (χ3v) is 3.40. The number of nitrogens with zero attached hydrogens (tertiary/aromatic N) is 2. The van der Waals surface area contributed by atoms with E-state index in [1.165, 1.54) is 52.1 Å². The molecular formula is C11H24N4. The maximum Gasteiger partial charge on any atom is 0.0728 e. The van der Waals surface area contributed by atoms with Gasteiger partial charge in [0.25, 0.3) is 0 Å². The van der Waals surface area contributed by atoms with E-state index in [1.54, 1.807) is 0 Å². The summed E-state index contributed by atoms with van der Waals surface area (Å²) in [5, 5.41) is 7.13. The van der Waals surface area contributed by atoms with Crippen LogP contribution in [0.2, 0.25) is 0 Å². The molecule has 2 aliphatic rings. The highest BCUT2D eigenvalue weighted by Gasteiger charge is 2.22. The van der Waals surface area contributed by atoms with E-state index in [2.05, 4.69) is 27.5 Å². The first-order valence-corrected chi connectivity index (χ1v) is 6.23. The fraction of sp³-hybridized carbons (Fsp3) is 1.00.